The predicted octanol–water partition coefficient (Wildman–Crippen LogP) is 6.87. The number of anilines is 1. The molecule has 0 aliphatic carbocycles. The van der Waals surface area contributed by atoms with Gasteiger partial charge in [-0.05, 0) is 117 Å². The summed E-state index contributed by atoms with van der Waals surface area (Å²) in [5, 5.41) is 2.91. The van der Waals surface area contributed by atoms with Crippen molar-refractivity contribution >= 4 is 102 Å². The van der Waals surface area contributed by atoms with E-state index in [2.05, 4.69) is 66.4 Å². The Labute approximate surface area is 242 Å². The fourth-order valence-electron chi connectivity index (χ4n) is 3.36. The molecule has 1 fully saturated rings. The summed E-state index contributed by atoms with van der Waals surface area (Å²) < 4.78 is 8.49. The minimum absolute atomic E-state index is 0.133. The second-order valence-corrected chi connectivity index (χ2v) is 11.2. The minimum Gasteiger partial charge on any atom is -0.487 e. The number of hydrogen-bond donors (Lipinski definition) is 1. The summed E-state index contributed by atoms with van der Waals surface area (Å²) in [6.45, 7) is 2.22. The highest BCUT2D eigenvalue weighted by Crippen LogP contribution is 2.32. The molecule has 0 unspecified atom stereocenters. The maximum Gasteiger partial charge on any atom is 0.335 e. The lowest BCUT2D eigenvalue weighted by Gasteiger charge is -2.26. The van der Waals surface area contributed by atoms with Crippen LogP contribution in [-0.2, 0) is 16.2 Å². The maximum atomic E-state index is 13.2. The zero-order valence-corrected chi connectivity index (χ0v) is 24.7. The largest absolute Gasteiger partial charge is 0.487 e. The monoisotopic (exact) mass is 776 g/mol. The average molecular weight is 778 g/mol. The van der Waals surface area contributed by atoms with Crippen LogP contribution in [0.5, 0.6) is 5.75 Å². The molecule has 0 aromatic heterocycles. The lowest BCUT2D eigenvalue weighted by Crippen LogP contribution is -2.54. The molecule has 0 spiro atoms. The van der Waals surface area contributed by atoms with E-state index >= 15 is 0 Å². The molecule has 3 aromatic rings. The first kappa shape index (κ1) is 26.1. The number of amides is 4. The Balaban J connectivity index is 1.61. The van der Waals surface area contributed by atoms with Gasteiger partial charge in [0, 0.05) is 9.50 Å². The second kappa shape index (κ2) is 11.0. The number of urea groups is 1. The third-order valence-electron chi connectivity index (χ3n) is 5.13. The Morgan fingerprint density at radius 2 is 1.69 bits per heavy atom. The fourth-order valence-corrected chi connectivity index (χ4v) is 5.86. The fraction of sp³-hybridized carbons (Fsp3) is 0.0800. The van der Waals surface area contributed by atoms with Gasteiger partial charge >= 0.3 is 6.03 Å². The Morgan fingerprint density at radius 1 is 1.03 bits per heavy atom. The number of halogens is 4. The summed E-state index contributed by atoms with van der Waals surface area (Å²) in [4.78, 5) is 39.2. The molecule has 35 heavy (non-hydrogen) atoms. The molecule has 1 heterocycles. The van der Waals surface area contributed by atoms with Gasteiger partial charge in [-0.15, -0.1) is 0 Å². The standard InChI is InChI=1S/C25H16BrClI2N2O4/c1-13-8-17(6-7-19(13)26)31-24(33)18(23(32)30-25(31)34)9-15-10-20(28)22(21(29)11-15)35-12-14-2-4-16(27)5-3-14/h2-11H,12H2,1H3,(H,30,32,34)/b18-9+. The lowest BCUT2D eigenvalue weighted by molar-refractivity contribution is -0.122. The van der Waals surface area contributed by atoms with E-state index in [4.69, 9.17) is 16.3 Å². The Kier molecular flexibility index (Phi) is 8.19. The van der Waals surface area contributed by atoms with Gasteiger partial charge in [-0.1, -0.05) is 39.7 Å². The molecule has 1 aliphatic heterocycles. The molecule has 1 saturated heterocycles. The molecular weight excluding hydrogens is 761 g/mol. The smallest absolute Gasteiger partial charge is 0.335 e. The molecule has 4 rings (SSSR count). The predicted molar refractivity (Wildman–Crippen MR) is 156 cm³/mol. The van der Waals surface area contributed by atoms with Gasteiger partial charge < -0.3 is 4.74 Å². The zero-order valence-electron chi connectivity index (χ0n) is 18.1. The van der Waals surface area contributed by atoms with Gasteiger partial charge in [-0.3, -0.25) is 14.9 Å². The average Bonchev–Trinajstić information content (AvgIpc) is 2.79. The number of ether oxygens (including phenoxy) is 1. The molecular formula is C25H16BrClI2N2O4. The number of carbonyl (C=O) groups excluding carboxylic acids is 3. The highest BCUT2D eigenvalue weighted by Gasteiger charge is 2.37. The van der Waals surface area contributed by atoms with E-state index in [9.17, 15) is 14.4 Å². The molecule has 1 N–H and O–H groups in total. The van der Waals surface area contributed by atoms with E-state index in [1.54, 1.807) is 30.3 Å². The van der Waals surface area contributed by atoms with E-state index < -0.39 is 17.8 Å². The van der Waals surface area contributed by atoms with Gasteiger partial charge in [0.15, 0.2) is 0 Å². The van der Waals surface area contributed by atoms with Crippen molar-refractivity contribution in [3.05, 3.63) is 93.5 Å². The number of nitrogens with one attached hydrogen (secondary N) is 1. The number of carbonyl (C=O) groups is 3. The third-order valence-corrected chi connectivity index (χ3v) is 7.87. The zero-order chi connectivity index (χ0) is 25.3. The van der Waals surface area contributed by atoms with E-state index in [0.29, 0.717) is 28.6 Å². The van der Waals surface area contributed by atoms with Crippen LogP contribution in [0, 0.1) is 14.1 Å². The number of nitrogens with zero attached hydrogens (tertiary/aromatic N) is 1. The quantitative estimate of drug-likeness (QED) is 0.175. The van der Waals surface area contributed by atoms with Crippen LogP contribution in [0.15, 0.2) is 64.6 Å². The van der Waals surface area contributed by atoms with Gasteiger partial charge in [0.05, 0.1) is 12.8 Å². The van der Waals surface area contributed by atoms with E-state index in [0.717, 1.165) is 27.6 Å². The first-order valence-electron chi connectivity index (χ1n) is 10.2. The van der Waals surface area contributed by atoms with Crippen LogP contribution < -0.4 is 15.0 Å². The molecule has 0 radical (unpaired) electrons. The van der Waals surface area contributed by atoms with Crippen LogP contribution in [0.3, 0.4) is 0 Å². The second-order valence-electron chi connectivity index (χ2n) is 7.62. The van der Waals surface area contributed by atoms with Gasteiger partial charge in [0.1, 0.15) is 17.9 Å². The van der Waals surface area contributed by atoms with Crippen LogP contribution in [0.25, 0.3) is 6.08 Å². The lowest BCUT2D eigenvalue weighted by atomic mass is 10.1. The van der Waals surface area contributed by atoms with Gasteiger partial charge in [-0.25, -0.2) is 9.69 Å². The van der Waals surface area contributed by atoms with Gasteiger partial charge in [0.2, 0.25) is 0 Å². The first-order valence-corrected chi connectivity index (χ1v) is 13.5. The summed E-state index contributed by atoms with van der Waals surface area (Å²) in [5.41, 5.74) is 2.71. The molecule has 0 saturated carbocycles. The first-order chi connectivity index (χ1) is 16.6. The molecule has 0 bridgehead atoms. The minimum atomic E-state index is -0.783. The maximum absolute atomic E-state index is 13.2. The van der Waals surface area contributed by atoms with Gasteiger partial charge in [0.25, 0.3) is 11.8 Å². The van der Waals surface area contributed by atoms with E-state index in [1.807, 2.05) is 31.2 Å². The molecule has 1 aliphatic rings. The van der Waals surface area contributed by atoms with Crippen LogP contribution in [0.2, 0.25) is 5.02 Å². The van der Waals surface area contributed by atoms with Crippen molar-refractivity contribution < 1.29 is 19.1 Å². The molecule has 178 valence electrons. The Hall–Kier alpha value is -1.96. The van der Waals surface area contributed by atoms with Crippen molar-refractivity contribution in [2.24, 2.45) is 0 Å². The van der Waals surface area contributed by atoms with Crippen LogP contribution in [0.4, 0.5) is 10.5 Å². The Bertz CT molecular complexity index is 1370. The molecule has 0 atom stereocenters. The van der Waals surface area contributed by atoms with E-state index in [-0.39, 0.29) is 5.57 Å². The van der Waals surface area contributed by atoms with Crippen molar-refractivity contribution in [3.8, 4) is 5.75 Å². The summed E-state index contributed by atoms with van der Waals surface area (Å²) >= 11 is 13.7. The number of rotatable bonds is 5. The summed E-state index contributed by atoms with van der Waals surface area (Å²) in [6, 6.07) is 15.3. The molecule has 3 aromatic carbocycles. The normalized spacial score (nSPS) is 14.9. The number of imide groups is 2. The molecule has 10 heteroatoms. The topological polar surface area (TPSA) is 75.7 Å². The number of benzene rings is 3. The van der Waals surface area contributed by atoms with Crippen molar-refractivity contribution in [2.75, 3.05) is 4.90 Å². The Morgan fingerprint density at radius 3 is 2.31 bits per heavy atom. The van der Waals surface area contributed by atoms with Crippen molar-refractivity contribution in [1.82, 2.24) is 5.32 Å². The number of aryl methyl sites for hydroxylation is 1. The third kappa shape index (κ3) is 5.89. The number of hydrogen-bond acceptors (Lipinski definition) is 4. The van der Waals surface area contributed by atoms with Crippen LogP contribution in [0.1, 0.15) is 16.7 Å². The van der Waals surface area contributed by atoms with Gasteiger partial charge in [-0.2, -0.15) is 0 Å². The van der Waals surface area contributed by atoms with Crippen molar-refractivity contribution in [1.29, 1.82) is 0 Å². The van der Waals surface area contributed by atoms with Crippen molar-refractivity contribution in [2.45, 2.75) is 13.5 Å². The van der Waals surface area contributed by atoms with Crippen molar-refractivity contribution in [3.63, 3.8) is 0 Å². The van der Waals surface area contributed by atoms with Crippen LogP contribution in [-0.4, -0.2) is 17.8 Å². The summed E-state index contributed by atoms with van der Waals surface area (Å²) in [6.07, 6.45) is 1.48. The molecule has 6 nitrogen and oxygen atoms in total. The highest BCUT2D eigenvalue weighted by molar-refractivity contribution is 14.1. The summed E-state index contributed by atoms with van der Waals surface area (Å²) in [7, 11) is 0. The summed E-state index contributed by atoms with van der Waals surface area (Å²) in [5.74, 6) is -0.725. The molecule has 4 amide bonds. The SMILES string of the molecule is Cc1cc(N2C(=O)NC(=O)/C(=C\c3cc(I)c(OCc4ccc(Cl)cc4)c(I)c3)C2=O)ccc1Br. The highest BCUT2D eigenvalue weighted by atomic mass is 127. The van der Waals surface area contributed by atoms with Crippen LogP contribution >= 0.6 is 72.7 Å². The number of barbiturate groups is 1. The van der Waals surface area contributed by atoms with E-state index in [1.165, 1.54) is 6.08 Å².